The van der Waals surface area contributed by atoms with Gasteiger partial charge >= 0.3 is 12.1 Å². The number of carbonyl (C=O) groups excluding carboxylic acids is 1. The molecule has 126 valence electrons. The van der Waals surface area contributed by atoms with Gasteiger partial charge in [0.25, 0.3) is 0 Å². The van der Waals surface area contributed by atoms with Crippen molar-refractivity contribution in [2.75, 3.05) is 0 Å². The Kier molecular flexibility index (Phi) is 5.83. The molecule has 7 heteroatoms. The largest absolute Gasteiger partial charge is 0.481 e. The number of rotatable bonds is 6. The highest BCUT2D eigenvalue weighted by atomic mass is 19.1. The zero-order valence-electron chi connectivity index (χ0n) is 12.5. The van der Waals surface area contributed by atoms with E-state index in [1.54, 1.807) is 24.3 Å². The van der Waals surface area contributed by atoms with Crippen molar-refractivity contribution in [3.63, 3.8) is 0 Å². The molecular weight excluding hydrogens is 320 g/mol. The first-order valence-electron chi connectivity index (χ1n) is 7.09. The normalized spacial score (nSPS) is 11.6. The second kappa shape index (κ2) is 8.05. The summed E-state index contributed by atoms with van der Waals surface area (Å²) in [5, 5.41) is 11.2. The maximum Gasteiger partial charge on any atom is 0.407 e. The molecule has 1 atom stereocenters. The summed E-state index contributed by atoms with van der Waals surface area (Å²) in [5.74, 6) is -2.95. The minimum absolute atomic E-state index is 0.00608. The summed E-state index contributed by atoms with van der Waals surface area (Å²) in [6, 6.07) is 10.4. The SMILES string of the molecule is O=C(O)CC(NC(=O)OCc1ccccc1)c1cc(F)cc(F)c1. The Hall–Kier alpha value is -2.96. The lowest BCUT2D eigenvalue weighted by Gasteiger charge is -2.17. The standard InChI is InChI=1S/C17H15F2NO4/c18-13-6-12(7-14(19)8-13)15(9-16(21)22)20-17(23)24-10-11-4-2-1-3-5-11/h1-8,15H,9-10H2,(H,20,23)(H,21,22). The molecule has 5 nitrogen and oxygen atoms in total. The first-order valence-corrected chi connectivity index (χ1v) is 7.09. The van der Waals surface area contributed by atoms with Crippen molar-refractivity contribution in [3.8, 4) is 0 Å². The zero-order chi connectivity index (χ0) is 17.5. The lowest BCUT2D eigenvalue weighted by molar-refractivity contribution is -0.137. The molecule has 2 aromatic rings. The average Bonchev–Trinajstić information content (AvgIpc) is 2.52. The highest BCUT2D eigenvalue weighted by Gasteiger charge is 2.20. The van der Waals surface area contributed by atoms with Crippen molar-refractivity contribution in [2.45, 2.75) is 19.1 Å². The Bertz CT molecular complexity index is 702. The molecule has 1 amide bonds. The van der Waals surface area contributed by atoms with E-state index < -0.39 is 36.2 Å². The van der Waals surface area contributed by atoms with Crippen LogP contribution < -0.4 is 5.32 Å². The van der Waals surface area contributed by atoms with E-state index >= 15 is 0 Å². The molecule has 0 aliphatic rings. The highest BCUT2D eigenvalue weighted by Crippen LogP contribution is 2.20. The summed E-state index contributed by atoms with van der Waals surface area (Å²) < 4.78 is 31.6. The summed E-state index contributed by atoms with van der Waals surface area (Å²) in [6.45, 7) is -0.00994. The van der Waals surface area contributed by atoms with Gasteiger partial charge in [-0.15, -0.1) is 0 Å². The van der Waals surface area contributed by atoms with E-state index in [0.717, 1.165) is 17.7 Å². The van der Waals surface area contributed by atoms with Gasteiger partial charge in [0.05, 0.1) is 12.5 Å². The van der Waals surface area contributed by atoms with Crippen molar-refractivity contribution in [2.24, 2.45) is 0 Å². The fraction of sp³-hybridized carbons (Fsp3) is 0.176. The van der Waals surface area contributed by atoms with E-state index in [9.17, 15) is 18.4 Å². The Morgan fingerprint density at radius 2 is 1.71 bits per heavy atom. The Morgan fingerprint density at radius 1 is 1.08 bits per heavy atom. The van der Waals surface area contributed by atoms with Crippen molar-refractivity contribution in [1.29, 1.82) is 0 Å². The summed E-state index contributed by atoms with van der Waals surface area (Å²) in [4.78, 5) is 22.8. The van der Waals surface area contributed by atoms with Gasteiger partial charge in [0.1, 0.15) is 18.2 Å². The van der Waals surface area contributed by atoms with Gasteiger partial charge in [0.15, 0.2) is 0 Å². The number of alkyl carbamates (subject to hydrolysis) is 1. The van der Waals surface area contributed by atoms with Crippen LogP contribution in [0.25, 0.3) is 0 Å². The number of carboxylic acid groups (broad SMARTS) is 1. The van der Waals surface area contributed by atoms with Crippen LogP contribution in [0, 0.1) is 11.6 Å². The predicted molar refractivity (Wildman–Crippen MR) is 81.1 cm³/mol. The summed E-state index contributed by atoms with van der Waals surface area (Å²) in [6.07, 6.45) is -1.42. The lowest BCUT2D eigenvalue weighted by atomic mass is 10.0. The lowest BCUT2D eigenvalue weighted by Crippen LogP contribution is -2.30. The topological polar surface area (TPSA) is 75.6 Å². The van der Waals surface area contributed by atoms with Crippen LogP contribution in [0.15, 0.2) is 48.5 Å². The smallest absolute Gasteiger partial charge is 0.407 e. The van der Waals surface area contributed by atoms with Crippen molar-refractivity contribution in [3.05, 3.63) is 71.3 Å². The van der Waals surface area contributed by atoms with Crippen molar-refractivity contribution >= 4 is 12.1 Å². The summed E-state index contributed by atoms with van der Waals surface area (Å²) >= 11 is 0. The number of aliphatic carboxylic acids is 1. The number of ether oxygens (including phenoxy) is 1. The third-order valence-electron chi connectivity index (χ3n) is 3.17. The van der Waals surface area contributed by atoms with E-state index in [1.165, 1.54) is 0 Å². The van der Waals surface area contributed by atoms with E-state index in [2.05, 4.69) is 5.32 Å². The fourth-order valence-electron chi connectivity index (χ4n) is 2.11. The number of halogens is 2. The molecule has 0 saturated carbocycles. The van der Waals surface area contributed by atoms with Crippen LogP contribution in [0.5, 0.6) is 0 Å². The minimum Gasteiger partial charge on any atom is -0.481 e. The second-order valence-corrected chi connectivity index (χ2v) is 5.06. The van der Waals surface area contributed by atoms with Crippen molar-refractivity contribution in [1.82, 2.24) is 5.32 Å². The molecule has 0 radical (unpaired) electrons. The van der Waals surface area contributed by atoms with Gasteiger partial charge in [0.2, 0.25) is 0 Å². The maximum absolute atomic E-state index is 13.3. The van der Waals surface area contributed by atoms with Crippen LogP contribution in [0.3, 0.4) is 0 Å². The number of nitrogens with one attached hydrogen (secondary N) is 1. The van der Waals surface area contributed by atoms with Crippen LogP contribution in [0.4, 0.5) is 13.6 Å². The molecule has 0 fully saturated rings. The molecule has 0 aromatic heterocycles. The molecule has 2 rings (SSSR count). The van der Waals surface area contributed by atoms with Gasteiger partial charge in [-0.25, -0.2) is 13.6 Å². The third kappa shape index (κ3) is 5.35. The highest BCUT2D eigenvalue weighted by molar-refractivity contribution is 5.72. The number of amides is 1. The van der Waals surface area contributed by atoms with Gasteiger partial charge in [-0.3, -0.25) is 4.79 Å². The molecule has 0 spiro atoms. The second-order valence-electron chi connectivity index (χ2n) is 5.06. The van der Waals surface area contributed by atoms with Gasteiger partial charge in [-0.05, 0) is 23.3 Å². The fourth-order valence-corrected chi connectivity index (χ4v) is 2.11. The Balaban J connectivity index is 2.05. The molecule has 24 heavy (non-hydrogen) atoms. The van der Waals surface area contributed by atoms with Crippen LogP contribution in [-0.4, -0.2) is 17.2 Å². The van der Waals surface area contributed by atoms with Gasteiger partial charge in [0, 0.05) is 6.07 Å². The van der Waals surface area contributed by atoms with Gasteiger partial charge < -0.3 is 15.2 Å². The predicted octanol–water partition coefficient (Wildman–Crippen LogP) is 3.41. The number of hydrogen-bond acceptors (Lipinski definition) is 3. The quantitative estimate of drug-likeness (QED) is 0.848. The molecule has 0 aliphatic heterocycles. The third-order valence-corrected chi connectivity index (χ3v) is 3.17. The minimum atomic E-state index is -1.23. The number of benzene rings is 2. The average molecular weight is 335 g/mol. The number of carboxylic acids is 1. The van der Waals surface area contributed by atoms with E-state index in [-0.39, 0.29) is 12.2 Å². The molecule has 1 unspecified atom stereocenters. The molecule has 2 N–H and O–H groups in total. The summed E-state index contributed by atoms with van der Waals surface area (Å²) in [5.41, 5.74) is 0.755. The molecular formula is C17H15F2NO4. The van der Waals surface area contributed by atoms with Gasteiger partial charge in [-0.2, -0.15) is 0 Å². The monoisotopic (exact) mass is 335 g/mol. The van der Waals surface area contributed by atoms with E-state index in [4.69, 9.17) is 9.84 Å². The van der Waals surface area contributed by atoms with Crippen LogP contribution >= 0.6 is 0 Å². The van der Waals surface area contributed by atoms with E-state index in [1.807, 2.05) is 6.07 Å². The van der Waals surface area contributed by atoms with Crippen LogP contribution in [0.1, 0.15) is 23.6 Å². The molecule has 0 heterocycles. The molecule has 2 aromatic carbocycles. The Morgan fingerprint density at radius 3 is 2.29 bits per heavy atom. The Labute approximate surface area is 136 Å². The van der Waals surface area contributed by atoms with E-state index in [0.29, 0.717) is 6.07 Å². The van der Waals surface area contributed by atoms with Crippen LogP contribution in [0.2, 0.25) is 0 Å². The molecule has 0 bridgehead atoms. The first-order chi connectivity index (χ1) is 11.4. The summed E-state index contributed by atoms with van der Waals surface area (Å²) in [7, 11) is 0. The maximum atomic E-state index is 13.3. The molecule has 0 saturated heterocycles. The van der Waals surface area contributed by atoms with Crippen molar-refractivity contribution < 1.29 is 28.2 Å². The first kappa shape index (κ1) is 17.4. The number of hydrogen-bond donors (Lipinski definition) is 2. The van der Waals surface area contributed by atoms with Gasteiger partial charge in [-0.1, -0.05) is 30.3 Å². The number of carbonyl (C=O) groups is 2. The van der Waals surface area contributed by atoms with Crippen LogP contribution in [-0.2, 0) is 16.1 Å². The zero-order valence-corrected chi connectivity index (χ0v) is 12.5. The molecule has 0 aliphatic carbocycles.